The fraction of sp³-hybridized carbons (Fsp3) is 0.333. The van der Waals surface area contributed by atoms with E-state index < -0.39 is 6.10 Å². The Hall–Kier alpha value is -1.18. The highest BCUT2D eigenvalue weighted by Crippen LogP contribution is 2.12. The van der Waals surface area contributed by atoms with E-state index in [1.807, 2.05) is 18.2 Å². The maximum Gasteiger partial charge on any atom is 0.133 e. The molecule has 3 nitrogen and oxygen atoms in total. The number of rotatable bonds is 5. The zero-order chi connectivity index (χ0) is 12.0. The largest absolute Gasteiger partial charge is 0.393 e. The van der Waals surface area contributed by atoms with E-state index in [4.69, 9.17) is 5.26 Å². The molecule has 0 aromatic heterocycles. The zero-order valence-electron chi connectivity index (χ0n) is 8.64. The van der Waals surface area contributed by atoms with Crippen LogP contribution in [-0.4, -0.2) is 22.3 Å². The monoisotopic (exact) mass is 281 g/mol. The first-order valence-corrected chi connectivity index (χ1v) is 5.83. The van der Waals surface area contributed by atoms with Crippen molar-refractivity contribution in [2.75, 3.05) is 0 Å². The number of hydrogen-bond donors (Lipinski definition) is 1. The number of nitrogens with zero attached hydrogens (tertiary/aromatic N) is 1. The summed E-state index contributed by atoms with van der Waals surface area (Å²) in [4.78, 5) is 10.1. The highest BCUT2D eigenvalue weighted by atomic mass is 79.9. The third-order valence-electron chi connectivity index (χ3n) is 2.20. The SMILES string of the molecule is N#Cc1ccc(CC(O)CC(Br)C=O)cc1. The number of alkyl halides is 1. The minimum absolute atomic E-state index is 0.305. The summed E-state index contributed by atoms with van der Waals surface area (Å²) < 4.78 is 0. The first-order valence-electron chi connectivity index (χ1n) is 4.92. The smallest absolute Gasteiger partial charge is 0.133 e. The average molecular weight is 282 g/mol. The number of aliphatic hydroxyl groups is 1. The van der Waals surface area contributed by atoms with Gasteiger partial charge in [-0.15, -0.1) is 0 Å². The van der Waals surface area contributed by atoms with Gasteiger partial charge in [0.15, 0.2) is 0 Å². The van der Waals surface area contributed by atoms with Gasteiger partial charge in [-0.1, -0.05) is 28.1 Å². The molecule has 1 aromatic carbocycles. The van der Waals surface area contributed by atoms with Gasteiger partial charge in [0.25, 0.3) is 0 Å². The van der Waals surface area contributed by atoms with E-state index in [2.05, 4.69) is 15.9 Å². The lowest BCUT2D eigenvalue weighted by atomic mass is 10.0. The Morgan fingerprint density at radius 1 is 1.44 bits per heavy atom. The minimum Gasteiger partial charge on any atom is -0.393 e. The van der Waals surface area contributed by atoms with Crippen LogP contribution in [0.1, 0.15) is 17.5 Å². The molecule has 0 bridgehead atoms. The molecule has 0 aliphatic carbocycles. The van der Waals surface area contributed by atoms with Crippen LogP contribution in [0.4, 0.5) is 0 Å². The van der Waals surface area contributed by atoms with Crippen molar-refractivity contribution in [3.63, 3.8) is 0 Å². The van der Waals surface area contributed by atoms with E-state index in [0.29, 0.717) is 18.4 Å². The lowest BCUT2D eigenvalue weighted by Crippen LogP contribution is -2.16. The Bertz CT molecular complexity index is 383. The van der Waals surface area contributed by atoms with Crippen molar-refractivity contribution in [2.45, 2.75) is 23.8 Å². The summed E-state index contributed by atoms with van der Waals surface area (Å²) in [5.74, 6) is 0. The van der Waals surface area contributed by atoms with Crippen LogP contribution in [-0.2, 0) is 11.2 Å². The van der Waals surface area contributed by atoms with Gasteiger partial charge in [0.2, 0.25) is 0 Å². The lowest BCUT2D eigenvalue weighted by Gasteiger charge is -2.11. The van der Waals surface area contributed by atoms with Gasteiger partial charge in [0.1, 0.15) is 6.29 Å². The molecule has 1 aromatic rings. The molecule has 16 heavy (non-hydrogen) atoms. The van der Waals surface area contributed by atoms with E-state index in [1.54, 1.807) is 12.1 Å². The topological polar surface area (TPSA) is 61.1 Å². The molecule has 0 aliphatic rings. The molecule has 84 valence electrons. The molecule has 0 radical (unpaired) electrons. The van der Waals surface area contributed by atoms with Crippen LogP contribution in [0, 0.1) is 11.3 Å². The molecule has 1 rings (SSSR count). The van der Waals surface area contributed by atoms with Gasteiger partial charge in [-0.2, -0.15) is 5.26 Å². The van der Waals surface area contributed by atoms with Gasteiger partial charge >= 0.3 is 0 Å². The second-order valence-electron chi connectivity index (χ2n) is 3.55. The van der Waals surface area contributed by atoms with Crippen LogP contribution in [0.15, 0.2) is 24.3 Å². The van der Waals surface area contributed by atoms with Gasteiger partial charge in [-0.25, -0.2) is 0 Å². The molecule has 0 spiro atoms. The second kappa shape index (κ2) is 6.41. The Labute approximate surface area is 103 Å². The molecule has 4 heteroatoms. The minimum atomic E-state index is -0.553. The van der Waals surface area contributed by atoms with E-state index >= 15 is 0 Å². The van der Waals surface area contributed by atoms with Gasteiger partial charge in [-0.3, -0.25) is 0 Å². The van der Waals surface area contributed by atoms with Crippen molar-refractivity contribution in [2.24, 2.45) is 0 Å². The van der Waals surface area contributed by atoms with E-state index in [1.165, 1.54) is 0 Å². The molecule has 0 aliphatic heterocycles. The Balaban J connectivity index is 2.53. The predicted molar refractivity (Wildman–Crippen MR) is 64.3 cm³/mol. The Morgan fingerprint density at radius 3 is 2.56 bits per heavy atom. The van der Waals surface area contributed by atoms with Crippen LogP contribution in [0.5, 0.6) is 0 Å². The average Bonchev–Trinajstić information content (AvgIpc) is 2.29. The number of benzene rings is 1. The molecule has 0 saturated carbocycles. The van der Waals surface area contributed by atoms with Gasteiger partial charge in [-0.05, 0) is 30.5 Å². The molecular formula is C12H12BrNO2. The summed E-state index contributed by atoms with van der Waals surface area (Å²) in [6.07, 6.45) is 1.09. The standard InChI is InChI=1S/C12H12BrNO2/c13-11(8-15)6-12(16)5-9-1-3-10(7-14)4-2-9/h1-4,8,11-12,16H,5-6H2. The van der Waals surface area contributed by atoms with Crippen molar-refractivity contribution in [3.05, 3.63) is 35.4 Å². The van der Waals surface area contributed by atoms with E-state index in [-0.39, 0.29) is 4.83 Å². The van der Waals surface area contributed by atoms with Crippen molar-refractivity contribution in [1.82, 2.24) is 0 Å². The molecule has 0 heterocycles. The Kier molecular flexibility index (Phi) is 5.17. The van der Waals surface area contributed by atoms with Crippen molar-refractivity contribution >= 4 is 22.2 Å². The number of nitriles is 1. The number of carbonyl (C=O) groups is 1. The summed E-state index contributed by atoms with van der Waals surface area (Å²) in [6.45, 7) is 0. The summed E-state index contributed by atoms with van der Waals surface area (Å²) in [7, 11) is 0. The van der Waals surface area contributed by atoms with Crippen LogP contribution in [0.3, 0.4) is 0 Å². The first-order chi connectivity index (χ1) is 7.65. The number of carbonyl (C=O) groups excluding carboxylic acids is 1. The summed E-state index contributed by atoms with van der Waals surface area (Å²) >= 11 is 3.14. The van der Waals surface area contributed by atoms with Crippen molar-refractivity contribution in [1.29, 1.82) is 5.26 Å². The van der Waals surface area contributed by atoms with Crippen LogP contribution < -0.4 is 0 Å². The highest BCUT2D eigenvalue weighted by Gasteiger charge is 2.11. The third kappa shape index (κ3) is 4.13. The maximum atomic E-state index is 10.4. The second-order valence-corrected chi connectivity index (χ2v) is 4.73. The van der Waals surface area contributed by atoms with Gasteiger partial charge in [0.05, 0.1) is 22.6 Å². The maximum absolute atomic E-state index is 10.4. The molecule has 1 N–H and O–H groups in total. The first kappa shape index (κ1) is 12.9. The fourth-order valence-electron chi connectivity index (χ4n) is 1.39. The Morgan fingerprint density at radius 2 is 2.06 bits per heavy atom. The number of aliphatic hydroxyl groups excluding tert-OH is 1. The predicted octanol–water partition coefficient (Wildman–Crippen LogP) is 1.81. The lowest BCUT2D eigenvalue weighted by molar-refractivity contribution is -0.107. The highest BCUT2D eigenvalue weighted by molar-refractivity contribution is 9.09. The van der Waals surface area contributed by atoms with Crippen molar-refractivity contribution in [3.8, 4) is 6.07 Å². The van der Waals surface area contributed by atoms with Crippen LogP contribution in [0.2, 0.25) is 0 Å². The number of aldehydes is 1. The normalized spacial score (nSPS) is 13.8. The quantitative estimate of drug-likeness (QED) is 0.662. The fourth-order valence-corrected chi connectivity index (χ4v) is 1.82. The third-order valence-corrected chi connectivity index (χ3v) is 2.79. The molecule has 0 amide bonds. The molecule has 0 fully saturated rings. The number of hydrogen-bond acceptors (Lipinski definition) is 3. The van der Waals surface area contributed by atoms with Crippen LogP contribution in [0.25, 0.3) is 0 Å². The van der Waals surface area contributed by atoms with Gasteiger partial charge < -0.3 is 9.90 Å². The van der Waals surface area contributed by atoms with E-state index in [0.717, 1.165) is 11.8 Å². The summed E-state index contributed by atoms with van der Waals surface area (Å²) in [5, 5.41) is 18.3. The molecule has 2 unspecified atom stereocenters. The van der Waals surface area contributed by atoms with Crippen molar-refractivity contribution < 1.29 is 9.90 Å². The molecule has 0 saturated heterocycles. The zero-order valence-corrected chi connectivity index (χ0v) is 10.2. The number of halogens is 1. The van der Waals surface area contributed by atoms with Crippen LogP contribution >= 0.6 is 15.9 Å². The summed E-state index contributed by atoms with van der Waals surface area (Å²) in [6, 6.07) is 9.09. The molecule has 2 atom stereocenters. The molecular weight excluding hydrogens is 270 g/mol. The van der Waals surface area contributed by atoms with Gasteiger partial charge in [0, 0.05) is 0 Å². The summed E-state index contributed by atoms with van der Waals surface area (Å²) in [5.41, 5.74) is 1.56. The van der Waals surface area contributed by atoms with E-state index in [9.17, 15) is 9.90 Å².